The van der Waals surface area contributed by atoms with Crippen molar-refractivity contribution in [3.8, 4) is 0 Å². The minimum Gasteiger partial charge on any atom is -0.550 e. The van der Waals surface area contributed by atoms with Crippen LogP contribution in [0.3, 0.4) is 0 Å². The molecule has 0 spiro atoms. The van der Waals surface area contributed by atoms with Gasteiger partial charge < -0.3 is 19.8 Å². The Kier molecular flexibility index (Phi) is 3.97. The summed E-state index contributed by atoms with van der Waals surface area (Å²) in [4.78, 5) is 21.8. The van der Waals surface area contributed by atoms with Crippen molar-refractivity contribution in [3.05, 3.63) is 0 Å². The third-order valence-corrected chi connectivity index (χ3v) is 3.96. The summed E-state index contributed by atoms with van der Waals surface area (Å²) in [5.74, 6) is -3.04. The van der Waals surface area contributed by atoms with Crippen LogP contribution >= 0.6 is 0 Å². The molecule has 1 rings (SSSR count). The van der Waals surface area contributed by atoms with E-state index in [1.165, 1.54) is 0 Å². The van der Waals surface area contributed by atoms with Gasteiger partial charge in [-0.15, -0.1) is 0 Å². The summed E-state index contributed by atoms with van der Waals surface area (Å²) in [6.45, 7) is 4.85. The minimum absolute atomic E-state index is 0. The Morgan fingerprint density at radius 2 is 1.67 bits per heavy atom. The maximum atomic E-state index is 11.0. The van der Waals surface area contributed by atoms with Crippen molar-refractivity contribution in [1.29, 1.82) is 0 Å². The molecule has 1 saturated carbocycles. The molecule has 0 N–H and O–H groups in total. The summed E-state index contributed by atoms with van der Waals surface area (Å²) >= 11 is 0. The fraction of sp³-hybridized carbons (Fsp3) is 0.800. The molecule has 4 nitrogen and oxygen atoms in total. The maximum absolute atomic E-state index is 11.0. The molecule has 0 aromatic heterocycles. The van der Waals surface area contributed by atoms with Crippen LogP contribution in [0.1, 0.15) is 33.6 Å². The fourth-order valence-corrected chi connectivity index (χ4v) is 2.28. The second kappa shape index (κ2) is 4.13. The summed E-state index contributed by atoms with van der Waals surface area (Å²) in [7, 11) is 0. The molecule has 88 valence electrons. The van der Waals surface area contributed by atoms with Gasteiger partial charge in [0.05, 0.1) is 0 Å². The van der Waals surface area contributed by atoms with Crippen molar-refractivity contribution in [2.24, 2.45) is 16.7 Å². The van der Waals surface area contributed by atoms with Crippen LogP contribution in [0.4, 0.5) is 0 Å². The van der Waals surface area contributed by atoms with Gasteiger partial charge in [-0.2, -0.15) is 0 Å². The van der Waals surface area contributed by atoms with E-state index < -0.39 is 28.7 Å². The van der Waals surface area contributed by atoms with E-state index in [2.05, 4.69) is 0 Å². The van der Waals surface area contributed by atoms with Gasteiger partial charge in [0.2, 0.25) is 0 Å². The molecule has 2 unspecified atom stereocenters. The Bertz CT molecular complexity index is 287. The molecule has 0 saturated heterocycles. The zero-order valence-electron chi connectivity index (χ0n) is 8.94. The predicted octanol–water partition coefficient (Wildman–Crippen LogP) is -1.07. The maximum Gasteiger partial charge on any atom is 2.00 e. The van der Waals surface area contributed by atoms with Gasteiger partial charge in [0.25, 0.3) is 0 Å². The van der Waals surface area contributed by atoms with Gasteiger partial charge in [-0.25, -0.2) is 0 Å². The Hall–Kier alpha value is -0.566. The third kappa shape index (κ3) is 1.90. The van der Waals surface area contributed by atoms with Crippen LogP contribution in [-0.2, 0) is 26.1 Å². The van der Waals surface area contributed by atoms with Crippen LogP contribution < -0.4 is 10.2 Å². The molecule has 0 amide bonds. The third-order valence-electron chi connectivity index (χ3n) is 3.96. The van der Waals surface area contributed by atoms with E-state index in [1.807, 2.05) is 0 Å². The predicted molar refractivity (Wildman–Crippen MR) is 44.6 cm³/mol. The van der Waals surface area contributed by atoms with Crippen LogP contribution in [0, 0.1) is 16.7 Å². The number of carboxylic acids is 2. The first-order valence-corrected chi connectivity index (χ1v) is 4.66. The van der Waals surface area contributed by atoms with E-state index in [1.54, 1.807) is 20.8 Å². The molecule has 0 aliphatic heterocycles. The zero-order valence-corrected chi connectivity index (χ0v) is 9.93. The van der Waals surface area contributed by atoms with E-state index in [-0.39, 0.29) is 16.5 Å². The van der Waals surface area contributed by atoms with Crippen LogP contribution in [0.15, 0.2) is 0 Å². The van der Waals surface area contributed by atoms with Gasteiger partial charge in [0, 0.05) is 23.3 Å². The average Bonchev–Trinajstić information content (AvgIpc) is 2.24. The van der Waals surface area contributed by atoms with E-state index >= 15 is 0 Å². The first kappa shape index (κ1) is 14.4. The second-order valence-corrected chi connectivity index (χ2v) is 4.75. The first-order chi connectivity index (χ1) is 6.23. The molecule has 1 aliphatic carbocycles. The number of aliphatic carboxylic acids is 2. The molecule has 1 aliphatic rings. The minimum atomic E-state index is -1.17. The van der Waals surface area contributed by atoms with Crippen molar-refractivity contribution in [2.75, 3.05) is 0 Å². The molecule has 0 aromatic carbocycles. The van der Waals surface area contributed by atoms with Crippen molar-refractivity contribution in [1.82, 2.24) is 0 Å². The van der Waals surface area contributed by atoms with Crippen LogP contribution in [-0.4, -0.2) is 11.9 Å². The van der Waals surface area contributed by atoms with Crippen LogP contribution in [0.5, 0.6) is 0 Å². The Labute approximate surface area is 99.0 Å². The quantitative estimate of drug-likeness (QED) is 0.589. The van der Waals surface area contributed by atoms with Crippen molar-refractivity contribution in [2.45, 2.75) is 33.6 Å². The van der Waals surface area contributed by atoms with Gasteiger partial charge in [0.1, 0.15) is 0 Å². The van der Waals surface area contributed by atoms with E-state index in [9.17, 15) is 19.8 Å². The Morgan fingerprint density at radius 3 is 1.87 bits per heavy atom. The summed E-state index contributed by atoms with van der Waals surface area (Å²) < 4.78 is 0. The van der Waals surface area contributed by atoms with Crippen molar-refractivity contribution in [3.63, 3.8) is 0 Å². The van der Waals surface area contributed by atoms with Gasteiger partial charge in [-0.3, -0.25) is 0 Å². The van der Waals surface area contributed by atoms with E-state index in [4.69, 9.17) is 0 Å². The Morgan fingerprint density at radius 1 is 1.20 bits per heavy atom. The SMILES string of the molecule is CC1(C(=O)[O-])CCC(C(=O)[O-])C1(C)C.[Ni+2]. The molecule has 0 radical (unpaired) electrons. The van der Waals surface area contributed by atoms with Gasteiger partial charge in [0.15, 0.2) is 0 Å². The summed E-state index contributed by atoms with van der Waals surface area (Å²) in [5, 5.41) is 21.8. The summed E-state index contributed by atoms with van der Waals surface area (Å²) in [6.07, 6.45) is 0.681. The largest absolute Gasteiger partial charge is 2.00 e. The van der Waals surface area contributed by atoms with Gasteiger partial charge >= 0.3 is 16.5 Å². The number of carboxylic acid groups (broad SMARTS) is 2. The fourth-order valence-electron chi connectivity index (χ4n) is 2.28. The molecule has 15 heavy (non-hydrogen) atoms. The normalized spacial score (nSPS) is 33.1. The number of rotatable bonds is 2. The van der Waals surface area contributed by atoms with Gasteiger partial charge in [-0.1, -0.05) is 20.8 Å². The molecule has 0 heterocycles. The summed E-state index contributed by atoms with van der Waals surface area (Å²) in [5.41, 5.74) is -1.89. The monoisotopic (exact) mass is 256 g/mol. The molecular formula is C10H14NiO4. The molecule has 0 aromatic rings. The van der Waals surface area contributed by atoms with Gasteiger partial charge in [-0.05, 0) is 18.3 Å². The van der Waals surface area contributed by atoms with Crippen LogP contribution in [0.25, 0.3) is 0 Å². The second-order valence-electron chi connectivity index (χ2n) is 4.75. The zero-order chi connectivity index (χ0) is 11.1. The first-order valence-electron chi connectivity index (χ1n) is 4.66. The van der Waals surface area contributed by atoms with Crippen LogP contribution in [0.2, 0.25) is 0 Å². The Balaban J connectivity index is 0.00000196. The van der Waals surface area contributed by atoms with Crippen molar-refractivity contribution < 1.29 is 36.3 Å². The molecule has 0 bridgehead atoms. The van der Waals surface area contributed by atoms with E-state index in [0.717, 1.165) is 0 Å². The van der Waals surface area contributed by atoms with Crippen molar-refractivity contribution >= 4 is 11.9 Å². The van der Waals surface area contributed by atoms with E-state index in [0.29, 0.717) is 12.8 Å². The number of carbonyl (C=O) groups excluding carboxylic acids is 2. The number of hydrogen-bond acceptors (Lipinski definition) is 4. The number of carbonyl (C=O) groups is 2. The smallest absolute Gasteiger partial charge is 0.550 e. The number of hydrogen-bond donors (Lipinski definition) is 0. The molecule has 1 fully saturated rings. The topological polar surface area (TPSA) is 80.3 Å². The standard InChI is InChI=1S/C10H16O4.Ni/c1-9(2)6(7(11)12)4-5-10(9,3)8(13)14;/h6H,4-5H2,1-3H3,(H,11,12)(H,13,14);/q;+2/p-2. The summed E-state index contributed by atoms with van der Waals surface area (Å²) in [6, 6.07) is 0. The molecule has 2 atom stereocenters. The molecule has 5 heteroatoms. The average molecular weight is 257 g/mol. The molecular weight excluding hydrogens is 243 g/mol.